The summed E-state index contributed by atoms with van der Waals surface area (Å²) in [5, 5.41) is 4.75. The molecule has 4 heteroatoms. The molecule has 21 heavy (non-hydrogen) atoms. The Kier molecular flexibility index (Phi) is 3.71. The topological polar surface area (TPSA) is 42.0 Å². The molecule has 1 aromatic heterocycles. The third kappa shape index (κ3) is 2.81. The summed E-state index contributed by atoms with van der Waals surface area (Å²) in [4.78, 5) is 16.7. The maximum atomic E-state index is 12.5. The lowest BCUT2D eigenvalue weighted by atomic mass is 10.1. The summed E-state index contributed by atoms with van der Waals surface area (Å²) in [6.07, 6.45) is 1.65. The number of anilines is 1. The molecule has 0 spiro atoms. The zero-order chi connectivity index (χ0) is 14.8. The highest BCUT2D eigenvalue weighted by Gasteiger charge is 2.12. The highest BCUT2D eigenvalue weighted by atomic mass is 79.9. The van der Waals surface area contributed by atoms with Crippen LogP contribution in [0.4, 0.5) is 5.69 Å². The minimum atomic E-state index is -0.212. The maximum Gasteiger partial charge on any atom is 0.274 e. The fourth-order valence-electron chi connectivity index (χ4n) is 2.20. The molecule has 1 amide bonds. The molecule has 0 saturated carbocycles. The van der Waals surface area contributed by atoms with Gasteiger partial charge in [-0.2, -0.15) is 0 Å². The molecule has 0 aliphatic heterocycles. The minimum absolute atomic E-state index is 0.212. The highest BCUT2D eigenvalue weighted by Crippen LogP contribution is 2.24. The van der Waals surface area contributed by atoms with Crippen molar-refractivity contribution in [3.05, 3.63) is 70.5 Å². The molecule has 3 nitrogen and oxygen atoms in total. The van der Waals surface area contributed by atoms with Crippen molar-refractivity contribution >= 4 is 38.3 Å². The molecule has 0 atom stereocenters. The predicted molar refractivity (Wildman–Crippen MR) is 88.6 cm³/mol. The van der Waals surface area contributed by atoms with Gasteiger partial charge in [-0.25, -0.2) is 0 Å². The first-order valence-corrected chi connectivity index (χ1v) is 7.36. The van der Waals surface area contributed by atoms with Crippen LogP contribution < -0.4 is 5.32 Å². The summed E-state index contributed by atoms with van der Waals surface area (Å²) in [6.45, 7) is 2.00. The van der Waals surface area contributed by atoms with Gasteiger partial charge in [-0.3, -0.25) is 9.78 Å². The Labute approximate surface area is 131 Å². The van der Waals surface area contributed by atoms with Crippen molar-refractivity contribution in [3.63, 3.8) is 0 Å². The van der Waals surface area contributed by atoms with Gasteiger partial charge < -0.3 is 5.32 Å². The van der Waals surface area contributed by atoms with Crippen LogP contribution in [-0.4, -0.2) is 10.9 Å². The van der Waals surface area contributed by atoms with E-state index < -0.39 is 0 Å². The van der Waals surface area contributed by atoms with Crippen molar-refractivity contribution in [1.82, 2.24) is 4.98 Å². The van der Waals surface area contributed by atoms with Gasteiger partial charge in [0.05, 0.1) is 5.69 Å². The lowest BCUT2D eigenvalue weighted by Gasteiger charge is -2.09. The van der Waals surface area contributed by atoms with Crippen molar-refractivity contribution < 1.29 is 4.79 Å². The van der Waals surface area contributed by atoms with Crippen LogP contribution in [0.2, 0.25) is 0 Å². The summed E-state index contributed by atoms with van der Waals surface area (Å²) < 4.78 is 0.857. The van der Waals surface area contributed by atoms with Gasteiger partial charge in [0.25, 0.3) is 5.91 Å². The summed E-state index contributed by atoms with van der Waals surface area (Å²) >= 11 is 3.46. The monoisotopic (exact) mass is 340 g/mol. The zero-order valence-corrected chi connectivity index (χ0v) is 13.0. The van der Waals surface area contributed by atoms with Crippen LogP contribution in [0.1, 0.15) is 16.1 Å². The number of hydrogen-bond donors (Lipinski definition) is 1. The van der Waals surface area contributed by atoms with Crippen molar-refractivity contribution in [2.75, 3.05) is 5.32 Å². The molecule has 1 N–H and O–H groups in total. The molecule has 0 unspecified atom stereocenters. The molecule has 1 heterocycles. The summed E-state index contributed by atoms with van der Waals surface area (Å²) in [5.74, 6) is -0.212. The molecular weight excluding hydrogens is 328 g/mol. The van der Waals surface area contributed by atoms with E-state index >= 15 is 0 Å². The first-order chi connectivity index (χ1) is 10.1. The van der Waals surface area contributed by atoms with Crippen molar-refractivity contribution in [1.29, 1.82) is 0 Å². The number of pyridine rings is 1. The van der Waals surface area contributed by atoms with Gasteiger partial charge in [0.15, 0.2) is 0 Å². The number of fused-ring (bicyclic) bond motifs is 1. The number of carbonyl (C=O) groups excluding carboxylic acids is 1. The summed E-state index contributed by atoms with van der Waals surface area (Å²) in [7, 11) is 0. The zero-order valence-electron chi connectivity index (χ0n) is 11.4. The lowest BCUT2D eigenvalue weighted by molar-refractivity contribution is 0.102. The molecule has 3 aromatic rings. The largest absolute Gasteiger partial charge is 0.320 e. The van der Waals surface area contributed by atoms with E-state index in [1.165, 1.54) is 0 Å². The standard InChI is InChI=1S/C17H13BrN2O/c1-11-6-7-15(14(18)10-11)20-17(21)16-13-5-3-2-4-12(13)8-9-19-16/h2-10H,1H3,(H,20,21). The maximum absolute atomic E-state index is 12.5. The predicted octanol–water partition coefficient (Wildman–Crippen LogP) is 4.56. The third-order valence-corrected chi connectivity index (χ3v) is 3.92. The van der Waals surface area contributed by atoms with E-state index in [4.69, 9.17) is 0 Å². The van der Waals surface area contributed by atoms with Gasteiger partial charge in [-0.1, -0.05) is 30.3 Å². The van der Waals surface area contributed by atoms with Crippen molar-refractivity contribution in [3.8, 4) is 0 Å². The van der Waals surface area contributed by atoms with Crippen LogP contribution >= 0.6 is 15.9 Å². The first-order valence-electron chi connectivity index (χ1n) is 6.56. The Morgan fingerprint density at radius 3 is 2.76 bits per heavy atom. The molecule has 0 fully saturated rings. The summed E-state index contributed by atoms with van der Waals surface area (Å²) in [5.41, 5.74) is 2.30. The number of nitrogens with one attached hydrogen (secondary N) is 1. The average Bonchev–Trinajstić information content (AvgIpc) is 2.49. The number of carbonyl (C=O) groups is 1. The molecule has 0 bridgehead atoms. The van der Waals surface area contributed by atoms with E-state index in [0.29, 0.717) is 5.69 Å². The molecule has 104 valence electrons. The van der Waals surface area contributed by atoms with Gasteiger partial charge in [0.2, 0.25) is 0 Å². The number of rotatable bonds is 2. The molecule has 3 rings (SSSR count). The second kappa shape index (κ2) is 5.66. The Balaban J connectivity index is 1.97. The van der Waals surface area contributed by atoms with E-state index in [9.17, 15) is 4.79 Å². The van der Waals surface area contributed by atoms with E-state index in [1.54, 1.807) is 6.20 Å². The quantitative estimate of drug-likeness (QED) is 0.743. The third-order valence-electron chi connectivity index (χ3n) is 3.26. The Bertz CT molecular complexity index is 825. The van der Waals surface area contributed by atoms with Crippen LogP contribution in [-0.2, 0) is 0 Å². The average molecular weight is 341 g/mol. The van der Waals surface area contributed by atoms with Gasteiger partial charge >= 0.3 is 0 Å². The lowest BCUT2D eigenvalue weighted by Crippen LogP contribution is -2.14. The van der Waals surface area contributed by atoms with Gasteiger partial charge in [-0.15, -0.1) is 0 Å². The van der Waals surface area contributed by atoms with E-state index in [0.717, 1.165) is 26.5 Å². The Hall–Kier alpha value is -2.20. The number of benzene rings is 2. The fraction of sp³-hybridized carbons (Fsp3) is 0.0588. The number of amides is 1. The van der Waals surface area contributed by atoms with Crippen molar-refractivity contribution in [2.24, 2.45) is 0 Å². The van der Waals surface area contributed by atoms with Crippen LogP contribution in [0, 0.1) is 6.92 Å². The van der Waals surface area contributed by atoms with E-state index in [2.05, 4.69) is 26.2 Å². The van der Waals surface area contributed by atoms with Crippen LogP contribution in [0.5, 0.6) is 0 Å². The van der Waals surface area contributed by atoms with Gasteiger partial charge in [0.1, 0.15) is 5.69 Å². The van der Waals surface area contributed by atoms with Crippen LogP contribution in [0.25, 0.3) is 10.8 Å². The molecule has 0 radical (unpaired) electrons. The molecule has 0 aliphatic rings. The minimum Gasteiger partial charge on any atom is -0.320 e. The van der Waals surface area contributed by atoms with E-state index in [-0.39, 0.29) is 5.91 Å². The van der Waals surface area contributed by atoms with Crippen LogP contribution in [0.3, 0.4) is 0 Å². The molecule has 0 aliphatic carbocycles. The highest BCUT2D eigenvalue weighted by molar-refractivity contribution is 9.10. The van der Waals surface area contributed by atoms with Crippen molar-refractivity contribution in [2.45, 2.75) is 6.92 Å². The second-order valence-electron chi connectivity index (χ2n) is 4.82. The van der Waals surface area contributed by atoms with Gasteiger partial charge in [-0.05, 0) is 52.0 Å². The normalized spacial score (nSPS) is 10.6. The number of halogens is 1. The second-order valence-corrected chi connectivity index (χ2v) is 5.67. The number of aryl methyl sites for hydroxylation is 1. The SMILES string of the molecule is Cc1ccc(NC(=O)c2nccc3ccccc23)c(Br)c1. The number of aromatic nitrogens is 1. The van der Waals surface area contributed by atoms with Gasteiger partial charge in [0, 0.05) is 16.1 Å². The van der Waals surface area contributed by atoms with E-state index in [1.807, 2.05) is 55.5 Å². The summed E-state index contributed by atoms with van der Waals surface area (Å²) in [6, 6.07) is 15.4. The Morgan fingerprint density at radius 2 is 1.95 bits per heavy atom. The molecular formula is C17H13BrN2O. The first kappa shape index (κ1) is 13.8. The smallest absolute Gasteiger partial charge is 0.274 e. The van der Waals surface area contributed by atoms with Crippen LogP contribution in [0.15, 0.2) is 59.2 Å². The molecule has 0 saturated heterocycles. The number of hydrogen-bond acceptors (Lipinski definition) is 2. The Morgan fingerprint density at radius 1 is 1.14 bits per heavy atom. The number of nitrogens with zero attached hydrogens (tertiary/aromatic N) is 1. The fourth-order valence-corrected chi connectivity index (χ4v) is 2.80. The molecule has 2 aromatic carbocycles.